The number of pyridine rings is 1. The molecule has 0 spiro atoms. The fourth-order valence-corrected chi connectivity index (χ4v) is 2.59. The third-order valence-corrected chi connectivity index (χ3v) is 3.83. The second-order valence-electron chi connectivity index (χ2n) is 5.31. The summed E-state index contributed by atoms with van der Waals surface area (Å²) >= 11 is 0. The molecular formula is C18H15F2NO. The van der Waals surface area contributed by atoms with Gasteiger partial charge in [-0.25, -0.2) is 8.78 Å². The second-order valence-corrected chi connectivity index (χ2v) is 5.31. The van der Waals surface area contributed by atoms with Crippen LogP contribution in [0.5, 0.6) is 0 Å². The third kappa shape index (κ3) is 2.30. The summed E-state index contributed by atoms with van der Waals surface area (Å²) in [6.45, 7) is 4.41. The normalized spacial score (nSPS) is 11.1. The van der Waals surface area contributed by atoms with E-state index in [1.807, 2.05) is 38.1 Å². The average molecular weight is 299 g/mol. The van der Waals surface area contributed by atoms with Crippen LogP contribution >= 0.6 is 0 Å². The van der Waals surface area contributed by atoms with Crippen LogP contribution in [0.3, 0.4) is 0 Å². The van der Waals surface area contributed by atoms with Gasteiger partial charge in [0.15, 0.2) is 17.1 Å². The zero-order valence-electron chi connectivity index (χ0n) is 12.4. The zero-order valence-corrected chi connectivity index (χ0v) is 12.4. The molecule has 1 heterocycles. The quantitative estimate of drug-likeness (QED) is 0.692. The van der Waals surface area contributed by atoms with Crippen LogP contribution in [0.25, 0.3) is 22.0 Å². The van der Waals surface area contributed by atoms with E-state index in [1.165, 1.54) is 0 Å². The Kier molecular flexibility index (Phi) is 3.53. The van der Waals surface area contributed by atoms with E-state index < -0.39 is 11.6 Å². The molecule has 0 radical (unpaired) electrons. The SMILES string of the molecule is CCn1cc(-c2ccc(C)cc2)c(=O)c2cc(F)c(F)cc21. The van der Waals surface area contributed by atoms with Crippen molar-refractivity contribution in [2.75, 3.05) is 0 Å². The largest absolute Gasteiger partial charge is 0.347 e. The average Bonchev–Trinajstić information content (AvgIpc) is 2.51. The van der Waals surface area contributed by atoms with Crippen LogP contribution in [0, 0.1) is 18.6 Å². The van der Waals surface area contributed by atoms with Crippen LogP contribution in [-0.2, 0) is 6.54 Å². The topological polar surface area (TPSA) is 22.0 Å². The predicted molar refractivity (Wildman–Crippen MR) is 84.0 cm³/mol. The fraction of sp³-hybridized carbons (Fsp3) is 0.167. The first-order valence-electron chi connectivity index (χ1n) is 7.10. The Morgan fingerprint density at radius 2 is 1.68 bits per heavy atom. The van der Waals surface area contributed by atoms with Crippen molar-refractivity contribution in [1.29, 1.82) is 0 Å². The summed E-state index contributed by atoms with van der Waals surface area (Å²) in [7, 11) is 0. The van der Waals surface area contributed by atoms with E-state index in [0.717, 1.165) is 23.3 Å². The summed E-state index contributed by atoms with van der Waals surface area (Å²) in [5.74, 6) is -1.95. The molecule has 0 aliphatic heterocycles. The van der Waals surface area contributed by atoms with Crippen molar-refractivity contribution in [2.24, 2.45) is 0 Å². The minimum absolute atomic E-state index is 0.193. The first-order chi connectivity index (χ1) is 10.5. The maximum Gasteiger partial charge on any atom is 0.197 e. The predicted octanol–water partition coefficient (Wildman–Crippen LogP) is 4.28. The lowest BCUT2D eigenvalue weighted by atomic mass is 10.0. The Labute approximate surface area is 126 Å². The monoisotopic (exact) mass is 299 g/mol. The molecular weight excluding hydrogens is 284 g/mol. The Morgan fingerprint density at radius 1 is 1.05 bits per heavy atom. The number of benzene rings is 2. The highest BCUT2D eigenvalue weighted by Crippen LogP contribution is 2.22. The van der Waals surface area contributed by atoms with Gasteiger partial charge in [0.1, 0.15) is 0 Å². The van der Waals surface area contributed by atoms with Gasteiger partial charge in [-0.05, 0) is 25.5 Å². The van der Waals surface area contributed by atoms with Gasteiger partial charge in [0.2, 0.25) is 0 Å². The van der Waals surface area contributed by atoms with Crippen molar-refractivity contribution in [2.45, 2.75) is 20.4 Å². The summed E-state index contributed by atoms with van der Waals surface area (Å²) in [5.41, 5.74) is 2.46. The van der Waals surface area contributed by atoms with E-state index in [-0.39, 0.29) is 10.8 Å². The molecule has 0 atom stereocenters. The van der Waals surface area contributed by atoms with E-state index in [0.29, 0.717) is 17.6 Å². The van der Waals surface area contributed by atoms with Gasteiger partial charge in [0.25, 0.3) is 0 Å². The number of hydrogen-bond acceptors (Lipinski definition) is 1. The van der Waals surface area contributed by atoms with Crippen LogP contribution in [0.1, 0.15) is 12.5 Å². The smallest absolute Gasteiger partial charge is 0.197 e. The lowest BCUT2D eigenvalue weighted by Gasteiger charge is -2.12. The zero-order chi connectivity index (χ0) is 15.9. The number of fused-ring (bicyclic) bond motifs is 1. The molecule has 0 bridgehead atoms. The molecule has 0 saturated carbocycles. The van der Waals surface area contributed by atoms with Crippen molar-refractivity contribution in [3.8, 4) is 11.1 Å². The number of rotatable bonds is 2. The van der Waals surface area contributed by atoms with Crippen molar-refractivity contribution < 1.29 is 8.78 Å². The van der Waals surface area contributed by atoms with E-state index in [4.69, 9.17) is 0 Å². The maximum atomic E-state index is 13.5. The number of aromatic nitrogens is 1. The number of nitrogens with zero attached hydrogens (tertiary/aromatic N) is 1. The maximum absolute atomic E-state index is 13.5. The van der Waals surface area contributed by atoms with Crippen LogP contribution < -0.4 is 5.43 Å². The molecule has 3 aromatic rings. The van der Waals surface area contributed by atoms with E-state index in [9.17, 15) is 13.6 Å². The van der Waals surface area contributed by atoms with E-state index in [2.05, 4.69) is 0 Å². The molecule has 0 amide bonds. The standard InChI is InChI=1S/C18H15F2NO/c1-3-21-10-14(12-6-4-11(2)5-7-12)18(22)13-8-15(19)16(20)9-17(13)21/h4-10H,3H2,1-2H3. The van der Waals surface area contributed by atoms with E-state index >= 15 is 0 Å². The molecule has 0 fully saturated rings. The highest BCUT2D eigenvalue weighted by molar-refractivity contribution is 5.84. The second kappa shape index (κ2) is 5.37. The molecule has 1 aromatic heterocycles. The molecule has 0 aliphatic rings. The molecule has 0 aliphatic carbocycles. The van der Waals surface area contributed by atoms with Crippen molar-refractivity contribution >= 4 is 10.9 Å². The first kappa shape index (κ1) is 14.4. The van der Waals surface area contributed by atoms with Crippen molar-refractivity contribution in [3.05, 3.63) is 70.0 Å². The summed E-state index contributed by atoms with van der Waals surface area (Å²) in [5, 5.41) is 0.193. The molecule has 0 unspecified atom stereocenters. The molecule has 112 valence electrons. The Morgan fingerprint density at radius 3 is 2.32 bits per heavy atom. The Balaban J connectivity index is 2.37. The Hall–Kier alpha value is -2.49. The van der Waals surface area contributed by atoms with Crippen molar-refractivity contribution in [1.82, 2.24) is 4.57 Å². The van der Waals surface area contributed by atoms with Gasteiger partial charge >= 0.3 is 0 Å². The Bertz CT molecular complexity index is 911. The third-order valence-electron chi connectivity index (χ3n) is 3.83. The highest BCUT2D eigenvalue weighted by Gasteiger charge is 2.13. The highest BCUT2D eigenvalue weighted by atomic mass is 19.2. The fourth-order valence-electron chi connectivity index (χ4n) is 2.59. The van der Waals surface area contributed by atoms with Gasteiger partial charge in [-0.15, -0.1) is 0 Å². The van der Waals surface area contributed by atoms with Gasteiger partial charge in [-0.1, -0.05) is 29.8 Å². The number of hydrogen-bond donors (Lipinski definition) is 0. The van der Waals surface area contributed by atoms with Gasteiger partial charge in [0, 0.05) is 29.8 Å². The van der Waals surface area contributed by atoms with Gasteiger partial charge < -0.3 is 4.57 Å². The minimum Gasteiger partial charge on any atom is -0.347 e. The van der Waals surface area contributed by atoms with Crippen LogP contribution in [-0.4, -0.2) is 4.57 Å². The molecule has 22 heavy (non-hydrogen) atoms. The van der Waals surface area contributed by atoms with Gasteiger partial charge in [-0.3, -0.25) is 4.79 Å². The van der Waals surface area contributed by atoms with Crippen LogP contribution in [0.2, 0.25) is 0 Å². The minimum atomic E-state index is -1.01. The molecule has 2 aromatic carbocycles. The van der Waals surface area contributed by atoms with Gasteiger partial charge in [-0.2, -0.15) is 0 Å². The van der Waals surface area contributed by atoms with Gasteiger partial charge in [0.05, 0.1) is 5.52 Å². The lowest BCUT2D eigenvalue weighted by Crippen LogP contribution is -2.12. The molecule has 0 N–H and O–H groups in total. The lowest BCUT2D eigenvalue weighted by molar-refractivity contribution is 0.510. The summed E-state index contributed by atoms with van der Waals surface area (Å²) in [6, 6.07) is 9.61. The number of aryl methyl sites for hydroxylation is 2. The van der Waals surface area contributed by atoms with Crippen LogP contribution in [0.4, 0.5) is 8.78 Å². The molecule has 4 heteroatoms. The van der Waals surface area contributed by atoms with Crippen LogP contribution in [0.15, 0.2) is 47.4 Å². The first-order valence-corrected chi connectivity index (χ1v) is 7.10. The summed E-state index contributed by atoms with van der Waals surface area (Å²) in [6.07, 6.45) is 1.70. The van der Waals surface area contributed by atoms with E-state index in [1.54, 1.807) is 10.8 Å². The van der Waals surface area contributed by atoms with Crippen molar-refractivity contribution in [3.63, 3.8) is 0 Å². The molecule has 3 rings (SSSR count). The number of halogens is 2. The summed E-state index contributed by atoms with van der Waals surface area (Å²) in [4.78, 5) is 12.6. The molecule has 0 saturated heterocycles. The summed E-state index contributed by atoms with van der Waals surface area (Å²) < 4.78 is 28.8. The molecule has 2 nitrogen and oxygen atoms in total.